The maximum Gasteiger partial charge on any atom is 0.0458 e. The SMILES string of the molecule is Cc1ccc(CNc2ccc(C)c(Br)c2)c(Cl)c1. The molecule has 94 valence electrons. The lowest BCUT2D eigenvalue weighted by molar-refractivity contribution is 1.14. The van der Waals surface area contributed by atoms with E-state index in [2.05, 4.69) is 58.5 Å². The Balaban J connectivity index is 2.09. The van der Waals surface area contributed by atoms with Crippen LogP contribution >= 0.6 is 27.5 Å². The van der Waals surface area contributed by atoms with Gasteiger partial charge in [0.1, 0.15) is 0 Å². The molecule has 2 aromatic rings. The van der Waals surface area contributed by atoms with Gasteiger partial charge in [-0.2, -0.15) is 0 Å². The molecule has 0 aromatic heterocycles. The molecule has 0 aliphatic carbocycles. The summed E-state index contributed by atoms with van der Waals surface area (Å²) >= 11 is 9.73. The van der Waals surface area contributed by atoms with E-state index in [9.17, 15) is 0 Å². The lowest BCUT2D eigenvalue weighted by Crippen LogP contribution is -2.00. The summed E-state index contributed by atoms with van der Waals surface area (Å²) in [5, 5.41) is 4.19. The normalized spacial score (nSPS) is 10.4. The van der Waals surface area contributed by atoms with E-state index in [0.717, 1.165) is 27.3 Å². The van der Waals surface area contributed by atoms with Crippen LogP contribution in [0.1, 0.15) is 16.7 Å². The average molecular weight is 325 g/mol. The van der Waals surface area contributed by atoms with E-state index in [-0.39, 0.29) is 0 Å². The van der Waals surface area contributed by atoms with E-state index in [1.54, 1.807) is 0 Å². The predicted octanol–water partition coefficient (Wildman–Crippen LogP) is 5.33. The van der Waals surface area contributed by atoms with Crippen LogP contribution < -0.4 is 5.32 Å². The number of hydrogen-bond donors (Lipinski definition) is 1. The van der Waals surface area contributed by atoms with Crippen molar-refractivity contribution in [2.24, 2.45) is 0 Å². The van der Waals surface area contributed by atoms with E-state index in [1.807, 2.05) is 13.0 Å². The van der Waals surface area contributed by atoms with Gasteiger partial charge >= 0.3 is 0 Å². The third-order valence-electron chi connectivity index (χ3n) is 2.86. The first-order valence-electron chi connectivity index (χ1n) is 5.81. The van der Waals surface area contributed by atoms with Gasteiger partial charge < -0.3 is 5.32 Å². The minimum absolute atomic E-state index is 0.731. The van der Waals surface area contributed by atoms with Gasteiger partial charge in [-0.3, -0.25) is 0 Å². The molecule has 0 fully saturated rings. The van der Waals surface area contributed by atoms with Crippen LogP contribution in [-0.2, 0) is 6.54 Å². The number of aryl methyl sites for hydroxylation is 2. The molecule has 0 saturated carbocycles. The third-order valence-corrected chi connectivity index (χ3v) is 4.07. The molecule has 0 bridgehead atoms. The molecule has 0 aliphatic heterocycles. The summed E-state index contributed by atoms with van der Waals surface area (Å²) in [6.45, 7) is 4.85. The van der Waals surface area contributed by atoms with E-state index in [1.165, 1.54) is 11.1 Å². The van der Waals surface area contributed by atoms with Crippen molar-refractivity contribution in [1.29, 1.82) is 0 Å². The van der Waals surface area contributed by atoms with Crippen molar-refractivity contribution in [2.45, 2.75) is 20.4 Å². The Morgan fingerprint density at radius 3 is 2.56 bits per heavy atom. The number of halogens is 2. The standard InChI is InChI=1S/C15H15BrClN/c1-10-3-5-12(15(17)7-10)9-18-13-6-4-11(2)14(16)8-13/h3-8,18H,9H2,1-2H3. The van der Waals surface area contributed by atoms with Gasteiger partial charge in [-0.15, -0.1) is 0 Å². The maximum atomic E-state index is 6.20. The zero-order chi connectivity index (χ0) is 13.1. The second kappa shape index (κ2) is 5.77. The number of nitrogens with one attached hydrogen (secondary N) is 1. The van der Waals surface area contributed by atoms with Crippen molar-refractivity contribution < 1.29 is 0 Å². The summed E-state index contributed by atoms with van der Waals surface area (Å²) in [7, 11) is 0. The van der Waals surface area contributed by atoms with E-state index >= 15 is 0 Å². The molecule has 0 heterocycles. The predicted molar refractivity (Wildman–Crippen MR) is 82.4 cm³/mol. The van der Waals surface area contributed by atoms with Gasteiger partial charge in [-0.05, 0) is 48.7 Å². The van der Waals surface area contributed by atoms with Crippen molar-refractivity contribution in [3.63, 3.8) is 0 Å². The second-order valence-electron chi connectivity index (χ2n) is 4.41. The molecular formula is C15H15BrClN. The highest BCUT2D eigenvalue weighted by molar-refractivity contribution is 9.10. The molecule has 0 saturated heterocycles. The van der Waals surface area contributed by atoms with E-state index < -0.39 is 0 Å². The van der Waals surface area contributed by atoms with Crippen LogP contribution in [0.2, 0.25) is 5.02 Å². The molecule has 0 unspecified atom stereocenters. The Morgan fingerprint density at radius 2 is 1.89 bits per heavy atom. The molecule has 0 atom stereocenters. The molecule has 0 spiro atoms. The monoisotopic (exact) mass is 323 g/mol. The highest BCUT2D eigenvalue weighted by Gasteiger charge is 2.01. The van der Waals surface area contributed by atoms with Crippen LogP contribution in [-0.4, -0.2) is 0 Å². The fourth-order valence-corrected chi connectivity index (χ4v) is 2.38. The Hall–Kier alpha value is -0.990. The molecule has 2 rings (SSSR count). The first-order chi connectivity index (χ1) is 8.56. The van der Waals surface area contributed by atoms with Gasteiger partial charge in [0.15, 0.2) is 0 Å². The quantitative estimate of drug-likeness (QED) is 0.804. The van der Waals surface area contributed by atoms with Crippen molar-refractivity contribution in [1.82, 2.24) is 0 Å². The number of hydrogen-bond acceptors (Lipinski definition) is 1. The van der Waals surface area contributed by atoms with Crippen LogP contribution in [0.3, 0.4) is 0 Å². The lowest BCUT2D eigenvalue weighted by atomic mass is 10.1. The summed E-state index contributed by atoms with van der Waals surface area (Å²) in [5.41, 5.74) is 4.61. The smallest absolute Gasteiger partial charge is 0.0458 e. The Kier molecular flexibility index (Phi) is 4.31. The van der Waals surface area contributed by atoms with Crippen LogP contribution in [0.15, 0.2) is 40.9 Å². The van der Waals surface area contributed by atoms with Crippen LogP contribution in [0.5, 0.6) is 0 Å². The van der Waals surface area contributed by atoms with Crippen LogP contribution in [0, 0.1) is 13.8 Å². The van der Waals surface area contributed by atoms with E-state index in [4.69, 9.17) is 11.6 Å². The van der Waals surface area contributed by atoms with Gasteiger partial charge in [-0.25, -0.2) is 0 Å². The Bertz CT molecular complexity index is 566. The molecular weight excluding hydrogens is 310 g/mol. The molecule has 18 heavy (non-hydrogen) atoms. The first-order valence-corrected chi connectivity index (χ1v) is 6.98. The summed E-state index contributed by atoms with van der Waals surface area (Å²) < 4.78 is 1.11. The first kappa shape index (κ1) is 13.4. The minimum atomic E-state index is 0.731. The highest BCUT2D eigenvalue weighted by Crippen LogP contribution is 2.22. The Morgan fingerprint density at radius 1 is 1.11 bits per heavy atom. The van der Waals surface area contributed by atoms with Gasteiger partial charge in [0.25, 0.3) is 0 Å². The van der Waals surface area contributed by atoms with Crippen molar-refractivity contribution >= 4 is 33.2 Å². The average Bonchev–Trinajstić information content (AvgIpc) is 2.32. The second-order valence-corrected chi connectivity index (χ2v) is 5.67. The summed E-state index contributed by atoms with van der Waals surface area (Å²) in [6.07, 6.45) is 0. The molecule has 1 nitrogen and oxygen atoms in total. The van der Waals surface area contributed by atoms with Crippen molar-refractivity contribution in [2.75, 3.05) is 5.32 Å². The maximum absolute atomic E-state index is 6.20. The largest absolute Gasteiger partial charge is 0.381 e. The van der Waals surface area contributed by atoms with E-state index in [0.29, 0.717) is 0 Å². The van der Waals surface area contributed by atoms with Crippen LogP contribution in [0.4, 0.5) is 5.69 Å². The summed E-state index contributed by atoms with van der Waals surface area (Å²) in [5.74, 6) is 0. The van der Waals surface area contributed by atoms with Crippen molar-refractivity contribution in [3.05, 3.63) is 62.6 Å². The number of rotatable bonds is 3. The fourth-order valence-electron chi connectivity index (χ4n) is 1.70. The topological polar surface area (TPSA) is 12.0 Å². The zero-order valence-electron chi connectivity index (χ0n) is 10.4. The minimum Gasteiger partial charge on any atom is -0.381 e. The molecule has 3 heteroatoms. The molecule has 0 amide bonds. The summed E-state index contributed by atoms with van der Waals surface area (Å²) in [4.78, 5) is 0. The van der Waals surface area contributed by atoms with Gasteiger partial charge in [-0.1, -0.05) is 45.7 Å². The fraction of sp³-hybridized carbons (Fsp3) is 0.200. The van der Waals surface area contributed by atoms with Gasteiger partial charge in [0.2, 0.25) is 0 Å². The molecule has 2 aromatic carbocycles. The summed E-state index contributed by atoms with van der Waals surface area (Å²) in [6, 6.07) is 12.4. The molecule has 0 aliphatic rings. The zero-order valence-corrected chi connectivity index (χ0v) is 12.8. The van der Waals surface area contributed by atoms with Gasteiger partial charge in [0.05, 0.1) is 0 Å². The molecule has 0 radical (unpaired) electrons. The number of anilines is 1. The van der Waals surface area contributed by atoms with Crippen LogP contribution in [0.25, 0.3) is 0 Å². The van der Waals surface area contributed by atoms with Crippen molar-refractivity contribution in [3.8, 4) is 0 Å². The highest BCUT2D eigenvalue weighted by atomic mass is 79.9. The Labute approximate surface area is 121 Å². The lowest BCUT2D eigenvalue weighted by Gasteiger charge is -2.10. The third kappa shape index (κ3) is 3.27. The van der Waals surface area contributed by atoms with Gasteiger partial charge in [0, 0.05) is 21.7 Å². The molecule has 1 N–H and O–H groups in total. The number of benzene rings is 2.